The molecule has 0 saturated carbocycles. The Morgan fingerprint density at radius 1 is 0.595 bits per heavy atom. The van der Waals surface area contributed by atoms with Gasteiger partial charge in [0.2, 0.25) is 0 Å². The zero-order valence-corrected chi connectivity index (χ0v) is 22.9. The van der Waals surface area contributed by atoms with E-state index in [0.717, 1.165) is 0 Å². The van der Waals surface area contributed by atoms with Crippen molar-refractivity contribution in [1.82, 2.24) is 10.2 Å². The third-order valence-corrected chi connectivity index (χ3v) is 6.54. The van der Waals surface area contributed by atoms with E-state index in [9.17, 15) is 39.5 Å². The number of hydrogen-bond acceptors (Lipinski definition) is 3. The van der Waals surface area contributed by atoms with E-state index in [0.29, 0.717) is 27.8 Å². The molecule has 0 spiro atoms. The fourth-order valence-corrected chi connectivity index (χ4v) is 4.86. The molecule has 0 amide bonds. The van der Waals surface area contributed by atoms with Gasteiger partial charge in [-0.25, -0.2) is 0 Å². The first kappa shape index (κ1) is 29.5. The molecule has 0 aliphatic rings. The molecule has 2 heterocycles. The molecular formula is C29H12F9IrN2O-. The largest absolute Gasteiger partial charge is 0.518 e. The van der Waals surface area contributed by atoms with Crippen LogP contribution in [0.25, 0.3) is 55.2 Å². The summed E-state index contributed by atoms with van der Waals surface area (Å²) < 4.78 is 131. The van der Waals surface area contributed by atoms with Crippen LogP contribution in [0.5, 0.6) is 0 Å². The van der Waals surface area contributed by atoms with Gasteiger partial charge in [-0.05, 0) is 28.3 Å². The molecule has 0 unspecified atom stereocenters. The van der Waals surface area contributed by atoms with Gasteiger partial charge in [0.05, 0.1) is 33.8 Å². The average molecular weight is 768 g/mol. The molecule has 0 atom stereocenters. The SMILES string of the molecule is FC(F)(F)c1ccc(-c2nnc(-c3[c-]c4ccccc4o3)c3cc4ccccc4cc23)c(C(F)(F)F)c1C(F)(F)F.[Ir]. The van der Waals surface area contributed by atoms with Crippen LogP contribution in [0.1, 0.15) is 16.7 Å². The van der Waals surface area contributed by atoms with Gasteiger partial charge in [0, 0.05) is 36.6 Å². The number of furan rings is 1. The minimum Gasteiger partial charge on any atom is -0.518 e. The van der Waals surface area contributed by atoms with E-state index < -0.39 is 46.5 Å². The maximum atomic E-state index is 14.3. The van der Waals surface area contributed by atoms with E-state index in [-0.39, 0.29) is 48.4 Å². The molecule has 2 aromatic heterocycles. The Kier molecular flexibility index (Phi) is 7.10. The Bertz CT molecular complexity index is 1940. The molecule has 0 aliphatic heterocycles. The van der Waals surface area contributed by atoms with Crippen molar-refractivity contribution in [3.63, 3.8) is 0 Å². The van der Waals surface area contributed by atoms with E-state index in [1.807, 2.05) is 0 Å². The molecule has 0 bridgehead atoms. The molecule has 0 fully saturated rings. The van der Waals surface area contributed by atoms with Gasteiger partial charge >= 0.3 is 18.5 Å². The van der Waals surface area contributed by atoms with Gasteiger partial charge in [-0.15, -0.1) is 17.5 Å². The number of fused-ring (bicyclic) bond motifs is 3. The molecule has 42 heavy (non-hydrogen) atoms. The van der Waals surface area contributed by atoms with Crippen LogP contribution in [0.15, 0.2) is 77.2 Å². The van der Waals surface area contributed by atoms with Crippen molar-refractivity contribution in [2.24, 2.45) is 0 Å². The molecule has 0 saturated heterocycles. The molecule has 13 heteroatoms. The molecular weight excluding hydrogens is 756 g/mol. The van der Waals surface area contributed by atoms with Crippen LogP contribution in [-0.2, 0) is 38.6 Å². The molecule has 217 valence electrons. The van der Waals surface area contributed by atoms with Gasteiger partial charge < -0.3 is 4.42 Å². The number of nitrogens with zero attached hydrogens (tertiary/aromatic N) is 2. The van der Waals surface area contributed by atoms with Crippen LogP contribution in [0, 0.1) is 6.07 Å². The zero-order chi connectivity index (χ0) is 29.3. The van der Waals surface area contributed by atoms with E-state index >= 15 is 0 Å². The van der Waals surface area contributed by atoms with Gasteiger partial charge in [0.1, 0.15) is 0 Å². The quantitative estimate of drug-likeness (QED) is 0.100. The summed E-state index contributed by atoms with van der Waals surface area (Å²) in [6.07, 6.45) is -17.5. The van der Waals surface area contributed by atoms with Crippen LogP contribution in [-0.4, -0.2) is 10.2 Å². The summed E-state index contributed by atoms with van der Waals surface area (Å²) in [4.78, 5) is 0. The van der Waals surface area contributed by atoms with E-state index in [1.165, 1.54) is 6.07 Å². The summed E-state index contributed by atoms with van der Waals surface area (Å²) in [5.41, 5.74) is -9.26. The summed E-state index contributed by atoms with van der Waals surface area (Å²) in [5, 5.41) is 9.55. The third kappa shape index (κ3) is 5.00. The number of rotatable bonds is 2. The Labute approximate surface area is 243 Å². The van der Waals surface area contributed by atoms with Crippen molar-refractivity contribution >= 4 is 32.5 Å². The summed E-state index contributed by atoms with van der Waals surface area (Å²) in [6, 6.07) is 19.6. The fourth-order valence-electron chi connectivity index (χ4n) is 4.86. The number of alkyl halides is 9. The fraction of sp³-hybridized carbons (Fsp3) is 0.103. The molecule has 6 aromatic rings. The van der Waals surface area contributed by atoms with Crippen LogP contribution in [0.3, 0.4) is 0 Å². The number of halogens is 9. The summed E-state index contributed by atoms with van der Waals surface area (Å²) in [7, 11) is 0. The van der Waals surface area contributed by atoms with Crippen molar-refractivity contribution in [1.29, 1.82) is 0 Å². The number of benzene rings is 4. The maximum Gasteiger partial charge on any atom is 0.417 e. The number of para-hydroxylation sites is 1. The van der Waals surface area contributed by atoms with Gasteiger partial charge in [0.15, 0.2) is 0 Å². The molecule has 4 aromatic carbocycles. The van der Waals surface area contributed by atoms with Gasteiger partial charge in [-0.2, -0.15) is 49.7 Å². The summed E-state index contributed by atoms with van der Waals surface area (Å²) in [6.45, 7) is 0. The molecule has 0 N–H and O–H groups in total. The standard InChI is InChI=1S/C29H12F9N2O.Ir/c30-27(31,32)20-10-9-17(23(28(33,34)35)24(20)29(36,37)38)25-18-11-14-5-1-2-6-15(14)12-19(18)26(40-39-25)22-13-16-7-3-4-8-21(16)41-22;/h1-12H;/q-1;. The van der Waals surface area contributed by atoms with Crippen molar-refractivity contribution in [2.45, 2.75) is 18.5 Å². The third-order valence-electron chi connectivity index (χ3n) is 6.54. The second-order valence-electron chi connectivity index (χ2n) is 9.10. The second-order valence-corrected chi connectivity index (χ2v) is 9.10. The van der Waals surface area contributed by atoms with Crippen molar-refractivity contribution in [3.8, 4) is 22.7 Å². The Hall–Kier alpha value is -3.96. The number of aromatic nitrogens is 2. The molecule has 6 rings (SSSR count). The van der Waals surface area contributed by atoms with E-state index in [1.54, 1.807) is 54.6 Å². The van der Waals surface area contributed by atoms with Crippen LogP contribution in [0.2, 0.25) is 0 Å². The minimum absolute atomic E-state index is 0. The minimum atomic E-state index is -6.00. The van der Waals surface area contributed by atoms with Crippen LogP contribution in [0.4, 0.5) is 39.5 Å². The van der Waals surface area contributed by atoms with E-state index in [2.05, 4.69) is 16.3 Å². The second kappa shape index (κ2) is 10.1. The van der Waals surface area contributed by atoms with Crippen molar-refractivity contribution < 1.29 is 64.0 Å². The van der Waals surface area contributed by atoms with Gasteiger partial charge in [-0.3, -0.25) is 0 Å². The van der Waals surface area contributed by atoms with Crippen LogP contribution < -0.4 is 0 Å². The smallest absolute Gasteiger partial charge is 0.417 e. The zero-order valence-electron chi connectivity index (χ0n) is 20.5. The molecule has 1 radical (unpaired) electrons. The van der Waals surface area contributed by atoms with Gasteiger partial charge in [0.25, 0.3) is 0 Å². The van der Waals surface area contributed by atoms with Crippen molar-refractivity contribution in [2.75, 3.05) is 0 Å². The predicted octanol–water partition coefficient (Wildman–Crippen LogP) is 9.72. The Morgan fingerprint density at radius 2 is 1.14 bits per heavy atom. The van der Waals surface area contributed by atoms with Crippen LogP contribution >= 0.6 is 0 Å². The normalized spacial score (nSPS) is 12.7. The van der Waals surface area contributed by atoms with Crippen molar-refractivity contribution in [3.05, 3.63) is 95.6 Å². The number of hydrogen-bond donors (Lipinski definition) is 0. The Morgan fingerprint density at radius 3 is 1.71 bits per heavy atom. The topological polar surface area (TPSA) is 38.9 Å². The molecule has 3 nitrogen and oxygen atoms in total. The monoisotopic (exact) mass is 768 g/mol. The van der Waals surface area contributed by atoms with E-state index in [4.69, 9.17) is 4.42 Å². The maximum absolute atomic E-state index is 14.3. The first-order chi connectivity index (χ1) is 19.2. The summed E-state index contributed by atoms with van der Waals surface area (Å²) in [5.74, 6) is 0.0602. The first-order valence-electron chi connectivity index (χ1n) is 11.7. The summed E-state index contributed by atoms with van der Waals surface area (Å²) >= 11 is 0. The van der Waals surface area contributed by atoms with Gasteiger partial charge in [-0.1, -0.05) is 54.6 Å². The average Bonchev–Trinajstić information content (AvgIpc) is 3.33. The molecule has 0 aliphatic carbocycles. The Balaban J connectivity index is 0.00000353. The predicted molar refractivity (Wildman–Crippen MR) is 132 cm³/mol. The first-order valence-corrected chi connectivity index (χ1v) is 11.7.